The molecule has 0 radical (unpaired) electrons. The van der Waals surface area contributed by atoms with Crippen molar-refractivity contribution in [1.82, 2.24) is 0 Å². The molecule has 1 unspecified atom stereocenters. The molecular formula is C12H26S. The van der Waals surface area contributed by atoms with E-state index in [4.69, 9.17) is 0 Å². The molecule has 0 aromatic carbocycles. The first kappa shape index (κ1) is 13.4. The molecule has 0 aromatic rings. The summed E-state index contributed by atoms with van der Waals surface area (Å²) in [6, 6.07) is 0. The summed E-state index contributed by atoms with van der Waals surface area (Å²) in [7, 11) is 0. The molecule has 0 amide bonds. The van der Waals surface area contributed by atoms with Gasteiger partial charge in [-0.05, 0) is 18.6 Å². The fraction of sp³-hybridized carbons (Fsp3) is 1.00. The van der Waals surface area contributed by atoms with Crippen molar-refractivity contribution in [2.45, 2.75) is 71.0 Å². The molecule has 0 aliphatic rings. The summed E-state index contributed by atoms with van der Waals surface area (Å²) in [6.07, 6.45) is 9.82. The van der Waals surface area contributed by atoms with Crippen molar-refractivity contribution in [1.29, 1.82) is 0 Å². The molecule has 0 spiro atoms. The van der Waals surface area contributed by atoms with Gasteiger partial charge in [-0.3, -0.25) is 0 Å². The minimum absolute atomic E-state index is 0.892. The van der Waals surface area contributed by atoms with Gasteiger partial charge in [-0.1, -0.05) is 52.9 Å². The molecule has 0 aliphatic heterocycles. The molecule has 0 fully saturated rings. The van der Waals surface area contributed by atoms with Crippen molar-refractivity contribution in [2.24, 2.45) is 0 Å². The van der Waals surface area contributed by atoms with E-state index in [1.807, 2.05) is 0 Å². The van der Waals surface area contributed by atoms with E-state index in [2.05, 4.69) is 32.5 Å². The van der Waals surface area contributed by atoms with Crippen LogP contribution in [-0.4, -0.2) is 11.0 Å². The zero-order chi connectivity index (χ0) is 9.94. The molecule has 0 bridgehead atoms. The Morgan fingerprint density at radius 3 is 2.23 bits per heavy atom. The Morgan fingerprint density at radius 2 is 1.62 bits per heavy atom. The van der Waals surface area contributed by atoms with Gasteiger partial charge in [0.15, 0.2) is 0 Å². The first-order chi connectivity index (χ1) is 6.31. The Bertz CT molecular complexity index is 91.1. The lowest BCUT2D eigenvalue weighted by atomic mass is 10.1. The number of hydrogen-bond acceptors (Lipinski definition) is 1. The second kappa shape index (κ2) is 10.4. The first-order valence-corrected chi connectivity index (χ1v) is 6.97. The van der Waals surface area contributed by atoms with Crippen LogP contribution in [0.15, 0.2) is 0 Å². The Hall–Kier alpha value is 0.350. The zero-order valence-electron chi connectivity index (χ0n) is 9.64. The molecule has 0 aliphatic carbocycles. The molecule has 0 aromatic heterocycles. The van der Waals surface area contributed by atoms with Gasteiger partial charge in [0, 0.05) is 5.25 Å². The molecule has 0 saturated heterocycles. The summed E-state index contributed by atoms with van der Waals surface area (Å²) >= 11 is 2.16. The SMILES string of the molecule is CCCCCCC(C)SCCCC. The maximum atomic E-state index is 2.38. The molecule has 1 atom stereocenters. The van der Waals surface area contributed by atoms with Gasteiger partial charge >= 0.3 is 0 Å². The minimum atomic E-state index is 0.892. The lowest BCUT2D eigenvalue weighted by Crippen LogP contribution is -1.97. The fourth-order valence-corrected chi connectivity index (χ4v) is 2.56. The molecule has 80 valence electrons. The van der Waals surface area contributed by atoms with Gasteiger partial charge in [0.05, 0.1) is 0 Å². The van der Waals surface area contributed by atoms with E-state index < -0.39 is 0 Å². The molecule has 0 nitrogen and oxygen atoms in total. The van der Waals surface area contributed by atoms with E-state index in [0.717, 1.165) is 5.25 Å². The van der Waals surface area contributed by atoms with Crippen molar-refractivity contribution in [3.63, 3.8) is 0 Å². The Labute approximate surface area is 88.9 Å². The number of unbranched alkanes of at least 4 members (excludes halogenated alkanes) is 4. The molecule has 0 heterocycles. The topological polar surface area (TPSA) is 0 Å². The fourth-order valence-electron chi connectivity index (χ4n) is 1.37. The van der Waals surface area contributed by atoms with E-state index in [9.17, 15) is 0 Å². The Morgan fingerprint density at radius 1 is 0.923 bits per heavy atom. The van der Waals surface area contributed by atoms with Crippen LogP contribution >= 0.6 is 11.8 Å². The predicted molar refractivity (Wildman–Crippen MR) is 65.6 cm³/mol. The maximum Gasteiger partial charge on any atom is 0.00187 e. The van der Waals surface area contributed by atoms with Crippen LogP contribution in [0.25, 0.3) is 0 Å². The number of rotatable bonds is 9. The lowest BCUT2D eigenvalue weighted by Gasteiger charge is -2.09. The predicted octanol–water partition coefficient (Wildman–Crippen LogP) is 4.88. The smallest absolute Gasteiger partial charge is 0.00187 e. The quantitative estimate of drug-likeness (QED) is 0.480. The summed E-state index contributed by atoms with van der Waals surface area (Å²) in [5, 5.41) is 0.892. The molecule has 13 heavy (non-hydrogen) atoms. The molecule has 0 N–H and O–H groups in total. The van der Waals surface area contributed by atoms with Gasteiger partial charge in [-0.15, -0.1) is 0 Å². The molecule has 0 rings (SSSR count). The maximum absolute atomic E-state index is 2.38. The van der Waals surface area contributed by atoms with Crippen LogP contribution in [0, 0.1) is 0 Å². The van der Waals surface area contributed by atoms with E-state index in [0.29, 0.717) is 0 Å². The molecule has 0 saturated carbocycles. The first-order valence-electron chi connectivity index (χ1n) is 5.92. The van der Waals surface area contributed by atoms with Crippen LogP contribution in [0.2, 0.25) is 0 Å². The second-order valence-electron chi connectivity index (χ2n) is 3.88. The minimum Gasteiger partial charge on any atom is -0.159 e. The van der Waals surface area contributed by atoms with Crippen LogP contribution in [0.5, 0.6) is 0 Å². The summed E-state index contributed by atoms with van der Waals surface area (Å²) in [6.45, 7) is 6.93. The summed E-state index contributed by atoms with van der Waals surface area (Å²) in [5.74, 6) is 1.37. The normalized spacial score (nSPS) is 13.2. The largest absolute Gasteiger partial charge is 0.159 e. The van der Waals surface area contributed by atoms with Gasteiger partial charge in [0.2, 0.25) is 0 Å². The third kappa shape index (κ3) is 10.3. The highest BCUT2D eigenvalue weighted by molar-refractivity contribution is 7.99. The van der Waals surface area contributed by atoms with E-state index in [1.54, 1.807) is 0 Å². The standard InChI is InChI=1S/C12H26S/c1-4-6-8-9-10-12(3)13-11-7-5-2/h12H,4-11H2,1-3H3. The highest BCUT2D eigenvalue weighted by Gasteiger charge is 2.00. The van der Waals surface area contributed by atoms with Gasteiger partial charge in [-0.2, -0.15) is 11.8 Å². The summed E-state index contributed by atoms with van der Waals surface area (Å²) in [4.78, 5) is 0. The van der Waals surface area contributed by atoms with Crippen LogP contribution in [0.1, 0.15) is 65.7 Å². The van der Waals surface area contributed by atoms with Crippen LogP contribution in [-0.2, 0) is 0 Å². The third-order valence-corrected chi connectivity index (χ3v) is 3.69. The lowest BCUT2D eigenvalue weighted by molar-refractivity contribution is 0.630. The van der Waals surface area contributed by atoms with Gasteiger partial charge in [-0.25, -0.2) is 0 Å². The Kier molecular flexibility index (Phi) is 10.7. The average Bonchev–Trinajstić information content (AvgIpc) is 2.13. The van der Waals surface area contributed by atoms with Crippen molar-refractivity contribution < 1.29 is 0 Å². The van der Waals surface area contributed by atoms with E-state index in [-0.39, 0.29) is 0 Å². The van der Waals surface area contributed by atoms with Gasteiger partial charge < -0.3 is 0 Å². The second-order valence-corrected chi connectivity index (χ2v) is 5.43. The summed E-state index contributed by atoms with van der Waals surface area (Å²) < 4.78 is 0. The van der Waals surface area contributed by atoms with Crippen molar-refractivity contribution >= 4 is 11.8 Å². The highest BCUT2D eigenvalue weighted by atomic mass is 32.2. The van der Waals surface area contributed by atoms with Crippen LogP contribution < -0.4 is 0 Å². The van der Waals surface area contributed by atoms with E-state index in [1.165, 1.54) is 50.7 Å². The van der Waals surface area contributed by atoms with Crippen LogP contribution in [0.3, 0.4) is 0 Å². The molecular weight excluding hydrogens is 176 g/mol. The zero-order valence-corrected chi connectivity index (χ0v) is 10.5. The average molecular weight is 202 g/mol. The molecule has 1 heteroatoms. The highest BCUT2D eigenvalue weighted by Crippen LogP contribution is 2.18. The third-order valence-electron chi connectivity index (χ3n) is 2.36. The number of thioether (sulfide) groups is 1. The van der Waals surface area contributed by atoms with E-state index >= 15 is 0 Å². The summed E-state index contributed by atoms with van der Waals surface area (Å²) in [5.41, 5.74) is 0. The van der Waals surface area contributed by atoms with Crippen LogP contribution in [0.4, 0.5) is 0 Å². The Balaban J connectivity index is 3.05. The van der Waals surface area contributed by atoms with Gasteiger partial charge in [0.1, 0.15) is 0 Å². The monoisotopic (exact) mass is 202 g/mol. The van der Waals surface area contributed by atoms with Crippen molar-refractivity contribution in [3.8, 4) is 0 Å². The van der Waals surface area contributed by atoms with Crippen molar-refractivity contribution in [3.05, 3.63) is 0 Å². The van der Waals surface area contributed by atoms with Gasteiger partial charge in [0.25, 0.3) is 0 Å². The number of hydrogen-bond donors (Lipinski definition) is 0. The van der Waals surface area contributed by atoms with Crippen molar-refractivity contribution in [2.75, 3.05) is 5.75 Å².